The maximum Gasteiger partial charge on any atom is 0.455 e. The van der Waals surface area contributed by atoms with Crippen molar-refractivity contribution in [2.24, 2.45) is 0 Å². The van der Waals surface area contributed by atoms with E-state index >= 15 is 0 Å². The molecule has 0 aromatic carbocycles. The van der Waals surface area contributed by atoms with Crippen LogP contribution in [0.15, 0.2) is 4.52 Å². The molecule has 100 valence electrons. The van der Waals surface area contributed by atoms with Gasteiger partial charge in [-0.05, 0) is 6.42 Å². The van der Waals surface area contributed by atoms with E-state index in [-0.39, 0.29) is 6.42 Å². The van der Waals surface area contributed by atoms with E-state index in [1.807, 2.05) is 0 Å². The molecular formula is C9H10F3N3O3. The van der Waals surface area contributed by atoms with Crippen molar-refractivity contribution in [3.05, 3.63) is 11.7 Å². The van der Waals surface area contributed by atoms with Crippen LogP contribution in [0.1, 0.15) is 36.3 Å². The summed E-state index contributed by atoms with van der Waals surface area (Å²) in [6.07, 6.45) is -3.67. The molecule has 9 heteroatoms. The highest BCUT2D eigenvalue weighted by Crippen LogP contribution is 2.26. The molecule has 18 heavy (non-hydrogen) atoms. The molecule has 1 aromatic rings. The van der Waals surface area contributed by atoms with Crippen LogP contribution in [0.2, 0.25) is 0 Å². The molecule has 0 spiro atoms. The second-order valence-corrected chi connectivity index (χ2v) is 3.41. The third-order valence-electron chi connectivity index (χ3n) is 2.05. The molecule has 1 N–H and O–H groups in total. The zero-order chi connectivity index (χ0) is 13.8. The second-order valence-electron chi connectivity index (χ2n) is 3.41. The number of nitrogens with one attached hydrogen (secondary N) is 1. The van der Waals surface area contributed by atoms with Gasteiger partial charge in [-0.25, -0.2) is 0 Å². The molecule has 1 aromatic heterocycles. The number of carbonyl (C=O) groups excluding carboxylic acids is 2. The van der Waals surface area contributed by atoms with E-state index in [0.717, 1.165) is 0 Å². The molecule has 0 saturated carbocycles. The minimum Gasteiger partial charge on any atom is -0.348 e. The van der Waals surface area contributed by atoms with Gasteiger partial charge in [0.1, 0.15) is 0 Å². The number of nitrogens with zero attached hydrogens (tertiary/aromatic N) is 2. The van der Waals surface area contributed by atoms with Gasteiger partial charge in [-0.15, -0.1) is 0 Å². The average molecular weight is 265 g/mol. The maximum absolute atomic E-state index is 12.2. The highest BCUT2D eigenvalue weighted by molar-refractivity contribution is 5.97. The van der Waals surface area contributed by atoms with Gasteiger partial charge in [0.25, 0.3) is 11.7 Å². The van der Waals surface area contributed by atoms with Crippen LogP contribution >= 0.6 is 0 Å². The number of carbonyl (C=O) groups is 2. The van der Waals surface area contributed by atoms with E-state index in [0.29, 0.717) is 12.8 Å². The Morgan fingerprint density at radius 3 is 2.67 bits per heavy atom. The molecule has 6 nitrogen and oxygen atoms in total. The van der Waals surface area contributed by atoms with Crippen LogP contribution in [-0.2, 0) is 11.0 Å². The second kappa shape index (κ2) is 5.61. The Balaban J connectivity index is 2.88. The maximum atomic E-state index is 12.2. The van der Waals surface area contributed by atoms with E-state index < -0.39 is 29.7 Å². The Hall–Kier alpha value is -1.93. The summed E-state index contributed by atoms with van der Waals surface area (Å²) in [6.45, 7) is 1.75. The number of alkyl halides is 3. The van der Waals surface area contributed by atoms with Crippen LogP contribution in [0.5, 0.6) is 0 Å². The summed E-state index contributed by atoms with van der Waals surface area (Å²) >= 11 is 0. The number of halogens is 3. The summed E-state index contributed by atoms with van der Waals surface area (Å²) in [5.74, 6) is -3.13. The third kappa shape index (κ3) is 3.28. The lowest BCUT2D eigenvalue weighted by Gasteiger charge is -2.10. The zero-order valence-electron chi connectivity index (χ0n) is 9.32. The number of ketones is 1. The molecule has 1 rings (SSSR count). The van der Waals surface area contributed by atoms with Gasteiger partial charge in [0.2, 0.25) is 12.2 Å². The highest BCUT2D eigenvalue weighted by atomic mass is 19.4. The molecule has 1 atom stereocenters. The largest absolute Gasteiger partial charge is 0.455 e. The molecule has 0 saturated heterocycles. The van der Waals surface area contributed by atoms with Gasteiger partial charge >= 0.3 is 6.18 Å². The summed E-state index contributed by atoms with van der Waals surface area (Å²) in [4.78, 5) is 24.9. The fourth-order valence-corrected chi connectivity index (χ4v) is 1.25. The molecule has 0 radical (unpaired) electrons. The van der Waals surface area contributed by atoms with Crippen molar-refractivity contribution < 1.29 is 27.3 Å². The Bertz CT molecular complexity index is 430. The topological polar surface area (TPSA) is 85.1 Å². The third-order valence-corrected chi connectivity index (χ3v) is 2.05. The van der Waals surface area contributed by atoms with Crippen LogP contribution in [0.4, 0.5) is 13.2 Å². The van der Waals surface area contributed by atoms with Crippen molar-refractivity contribution in [1.82, 2.24) is 15.5 Å². The number of aromatic nitrogens is 2. The minimum atomic E-state index is -4.78. The van der Waals surface area contributed by atoms with Crippen molar-refractivity contribution >= 4 is 12.2 Å². The molecule has 1 amide bonds. The Labute approximate surface area is 99.5 Å². The molecule has 1 heterocycles. The van der Waals surface area contributed by atoms with Crippen molar-refractivity contribution in [3.8, 4) is 0 Å². The summed E-state index contributed by atoms with van der Waals surface area (Å²) in [6, 6.07) is -0.964. The van der Waals surface area contributed by atoms with Gasteiger partial charge in [0.05, 0.1) is 6.04 Å². The van der Waals surface area contributed by atoms with Crippen molar-refractivity contribution in [2.45, 2.75) is 32.0 Å². The fraction of sp³-hybridized carbons (Fsp3) is 0.556. The van der Waals surface area contributed by atoms with Gasteiger partial charge in [-0.3, -0.25) is 9.59 Å². The molecule has 0 fully saturated rings. The lowest BCUT2D eigenvalue weighted by molar-refractivity contribution is -0.146. The number of hydrogen-bond donors (Lipinski definition) is 1. The molecule has 0 aliphatic heterocycles. The van der Waals surface area contributed by atoms with Gasteiger partial charge in [0.15, 0.2) is 0 Å². The van der Waals surface area contributed by atoms with Crippen LogP contribution in [0, 0.1) is 0 Å². The van der Waals surface area contributed by atoms with Gasteiger partial charge < -0.3 is 9.84 Å². The van der Waals surface area contributed by atoms with E-state index in [1.54, 1.807) is 6.92 Å². The molecule has 0 aliphatic rings. The SMILES string of the molecule is CCC[C@H](NC=O)C(=O)c1nc(C(F)(F)F)no1. The van der Waals surface area contributed by atoms with Gasteiger partial charge in [-0.2, -0.15) is 18.2 Å². The quantitative estimate of drug-likeness (QED) is 0.616. The summed E-state index contributed by atoms with van der Waals surface area (Å²) in [5.41, 5.74) is 0. The first-order valence-electron chi connectivity index (χ1n) is 5.05. The smallest absolute Gasteiger partial charge is 0.348 e. The summed E-state index contributed by atoms with van der Waals surface area (Å²) in [5, 5.41) is 4.85. The van der Waals surface area contributed by atoms with E-state index in [9.17, 15) is 22.8 Å². The minimum absolute atomic E-state index is 0.265. The van der Waals surface area contributed by atoms with Crippen LogP contribution in [0.25, 0.3) is 0 Å². The number of amides is 1. The first-order valence-corrected chi connectivity index (χ1v) is 5.05. The van der Waals surface area contributed by atoms with Crippen molar-refractivity contribution in [2.75, 3.05) is 0 Å². The number of Topliss-reactive ketones (excluding diaryl/α,β-unsaturated/α-hetero) is 1. The Morgan fingerprint density at radius 2 is 2.22 bits per heavy atom. The lowest BCUT2D eigenvalue weighted by atomic mass is 10.1. The number of hydrogen-bond acceptors (Lipinski definition) is 5. The normalized spacial score (nSPS) is 13.1. The van der Waals surface area contributed by atoms with Crippen LogP contribution in [0.3, 0.4) is 0 Å². The van der Waals surface area contributed by atoms with Crippen molar-refractivity contribution in [1.29, 1.82) is 0 Å². The summed E-state index contributed by atoms with van der Waals surface area (Å²) < 4.78 is 40.8. The predicted octanol–water partition coefficient (Wildman–Crippen LogP) is 1.19. The average Bonchev–Trinajstić information content (AvgIpc) is 2.76. The molecule has 0 unspecified atom stereocenters. The van der Waals surface area contributed by atoms with Gasteiger partial charge in [-0.1, -0.05) is 18.5 Å². The standard InChI is InChI=1S/C9H10F3N3O3/c1-2-3-5(13-4-16)6(17)7-14-8(15-18-7)9(10,11)12/h4-5H,2-3H2,1H3,(H,13,16)/t5-/m0/s1. The Morgan fingerprint density at radius 1 is 1.56 bits per heavy atom. The first-order chi connectivity index (χ1) is 8.40. The van der Waals surface area contributed by atoms with E-state index in [2.05, 4.69) is 20.0 Å². The predicted molar refractivity (Wildman–Crippen MR) is 51.5 cm³/mol. The number of rotatable bonds is 6. The van der Waals surface area contributed by atoms with Crippen LogP contribution in [-0.4, -0.2) is 28.4 Å². The van der Waals surface area contributed by atoms with Gasteiger partial charge in [0, 0.05) is 0 Å². The highest BCUT2D eigenvalue weighted by Gasteiger charge is 2.38. The molecule has 0 aliphatic carbocycles. The Kier molecular flexibility index (Phi) is 4.40. The lowest BCUT2D eigenvalue weighted by Crippen LogP contribution is -2.36. The molecular weight excluding hydrogens is 255 g/mol. The van der Waals surface area contributed by atoms with E-state index in [4.69, 9.17) is 0 Å². The first kappa shape index (κ1) is 14.1. The summed E-state index contributed by atoms with van der Waals surface area (Å²) in [7, 11) is 0. The molecule has 0 bridgehead atoms. The fourth-order valence-electron chi connectivity index (χ4n) is 1.25. The van der Waals surface area contributed by atoms with Crippen molar-refractivity contribution in [3.63, 3.8) is 0 Å². The zero-order valence-corrected chi connectivity index (χ0v) is 9.32. The van der Waals surface area contributed by atoms with E-state index in [1.165, 1.54) is 0 Å². The monoisotopic (exact) mass is 265 g/mol. The van der Waals surface area contributed by atoms with Crippen LogP contribution < -0.4 is 5.32 Å².